The Morgan fingerprint density at radius 2 is 1.83 bits per heavy atom. The molecule has 1 N–H and O–H groups in total. The van der Waals surface area contributed by atoms with Crippen LogP contribution in [0.4, 0.5) is 5.82 Å². The minimum Gasteiger partial charge on any atom is -0.263 e. The molecular weight excluding hydrogens is 272 g/mol. The number of aromatic nitrogens is 1. The van der Waals surface area contributed by atoms with Gasteiger partial charge in [0.1, 0.15) is 10.7 Å². The largest absolute Gasteiger partial charge is 0.264 e. The lowest BCUT2D eigenvalue weighted by atomic mass is 10.4. The zero-order chi connectivity index (χ0) is 13.2. The van der Waals surface area contributed by atoms with Crippen LogP contribution in [0.1, 0.15) is 5.69 Å². The molecule has 4 nitrogen and oxygen atoms in total. The van der Waals surface area contributed by atoms with E-state index in [0.29, 0.717) is 0 Å². The molecule has 18 heavy (non-hydrogen) atoms. The summed E-state index contributed by atoms with van der Waals surface area (Å²) in [5, 5.41) is 0.178. The molecule has 0 saturated heterocycles. The van der Waals surface area contributed by atoms with Crippen LogP contribution in [0.5, 0.6) is 0 Å². The van der Waals surface area contributed by atoms with E-state index in [-0.39, 0.29) is 15.7 Å². The average molecular weight is 283 g/mol. The molecule has 0 amide bonds. The normalized spacial score (nSPS) is 11.2. The minimum atomic E-state index is -3.71. The van der Waals surface area contributed by atoms with Gasteiger partial charge < -0.3 is 0 Å². The highest BCUT2D eigenvalue weighted by Crippen LogP contribution is 2.22. The summed E-state index contributed by atoms with van der Waals surface area (Å²) in [6, 6.07) is 11.4. The third-order valence-corrected chi connectivity index (χ3v) is 4.11. The molecule has 2 rings (SSSR count). The summed E-state index contributed by atoms with van der Waals surface area (Å²) in [5.74, 6) is 0.273. The van der Waals surface area contributed by atoms with Crippen molar-refractivity contribution in [3.05, 3.63) is 53.2 Å². The Balaban J connectivity index is 2.37. The maximum absolute atomic E-state index is 12.1. The summed E-state index contributed by atoms with van der Waals surface area (Å²) in [6.45, 7) is 1.79. The van der Waals surface area contributed by atoms with Crippen molar-refractivity contribution < 1.29 is 8.42 Å². The van der Waals surface area contributed by atoms with Crippen LogP contribution in [0.15, 0.2) is 47.4 Å². The van der Waals surface area contributed by atoms with Crippen LogP contribution in [0.25, 0.3) is 0 Å². The molecule has 0 fully saturated rings. The quantitative estimate of drug-likeness (QED) is 0.942. The number of aryl methyl sites for hydroxylation is 1. The van der Waals surface area contributed by atoms with E-state index in [2.05, 4.69) is 9.71 Å². The number of rotatable bonds is 3. The summed E-state index contributed by atoms with van der Waals surface area (Å²) in [4.78, 5) is 4.12. The lowest BCUT2D eigenvalue weighted by Gasteiger charge is -2.08. The fourth-order valence-electron chi connectivity index (χ4n) is 1.46. The van der Waals surface area contributed by atoms with Gasteiger partial charge in [0.15, 0.2) is 0 Å². The first-order valence-corrected chi connectivity index (χ1v) is 7.06. The summed E-state index contributed by atoms with van der Waals surface area (Å²) >= 11 is 5.87. The Bertz CT molecular complexity index is 671. The SMILES string of the molecule is Cc1cccc(NS(=O)(=O)c2ccccc2Cl)n1. The molecule has 0 aliphatic carbocycles. The highest BCUT2D eigenvalue weighted by Gasteiger charge is 2.17. The Labute approximate surface area is 111 Å². The second-order valence-corrected chi connectivity index (χ2v) is 5.76. The van der Waals surface area contributed by atoms with Crippen molar-refractivity contribution in [3.63, 3.8) is 0 Å². The average Bonchev–Trinajstić information content (AvgIpc) is 2.28. The number of sulfonamides is 1. The predicted octanol–water partition coefficient (Wildman–Crippen LogP) is 2.84. The highest BCUT2D eigenvalue weighted by atomic mass is 35.5. The topological polar surface area (TPSA) is 59.1 Å². The van der Waals surface area contributed by atoms with Crippen LogP contribution in [0.2, 0.25) is 5.02 Å². The van der Waals surface area contributed by atoms with Crippen molar-refractivity contribution in [2.45, 2.75) is 11.8 Å². The molecule has 0 saturated carbocycles. The summed E-state index contributed by atoms with van der Waals surface area (Å²) < 4.78 is 26.6. The van der Waals surface area contributed by atoms with Crippen LogP contribution < -0.4 is 4.72 Å². The Morgan fingerprint density at radius 3 is 2.50 bits per heavy atom. The van der Waals surface area contributed by atoms with E-state index in [1.165, 1.54) is 12.1 Å². The summed E-state index contributed by atoms with van der Waals surface area (Å²) in [6.07, 6.45) is 0. The van der Waals surface area contributed by atoms with Crippen molar-refractivity contribution >= 4 is 27.4 Å². The molecule has 0 unspecified atom stereocenters. The molecule has 1 aromatic heterocycles. The van der Waals surface area contributed by atoms with Gasteiger partial charge in [0.25, 0.3) is 10.0 Å². The Hall–Kier alpha value is -1.59. The number of anilines is 1. The number of benzene rings is 1. The maximum Gasteiger partial charge on any atom is 0.264 e. The fraction of sp³-hybridized carbons (Fsp3) is 0.0833. The number of halogens is 1. The molecule has 2 aromatic rings. The number of pyridine rings is 1. The molecule has 0 radical (unpaired) electrons. The van der Waals surface area contributed by atoms with E-state index < -0.39 is 10.0 Å². The van der Waals surface area contributed by atoms with E-state index in [9.17, 15) is 8.42 Å². The molecule has 0 aliphatic heterocycles. The molecule has 0 atom stereocenters. The van der Waals surface area contributed by atoms with Gasteiger partial charge in [-0.05, 0) is 31.2 Å². The van der Waals surface area contributed by atoms with Crippen LogP contribution in [0, 0.1) is 6.92 Å². The third kappa shape index (κ3) is 2.80. The smallest absolute Gasteiger partial charge is 0.263 e. The van der Waals surface area contributed by atoms with Crippen molar-refractivity contribution in [1.29, 1.82) is 0 Å². The van der Waals surface area contributed by atoms with Crippen LogP contribution in [-0.4, -0.2) is 13.4 Å². The monoisotopic (exact) mass is 282 g/mol. The molecule has 0 aliphatic rings. The Kier molecular flexibility index (Phi) is 3.54. The van der Waals surface area contributed by atoms with E-state index in [0.717, 1.165) is 5.69 Å². The molecule has 0 bridgehead atoms. The van der Waals surface area contributed by atoms with Gasteiger partial charge in [-0.15, -0.1) is 0 Å². The number of nitrogens with zero attached hydrogens (tertiary/aromatic N) is 1. The van der Waals surface area contributed by atoms with Crippen molar-refractivity contribution in [3.8, 4) is 0 Å². The lowest BCUT2D eigenvalue weighted by molar-refractivity contribution is 0.601. The van der Waals surface area contributed by atoms with Gasteiger partial charge in [-0.3, -0.25) is 4.72 Å². The number of hydrogen-bond donors (Lipinski definition) is 1. The molecule has 6 heteroatoms. The maximum atomic E-state index is 12.1. The van der Waals surface area contributed by atoms with E-state index in [1.807, 2.05) is 0 Å². The van der Waals surface area contributed by atoms with Gasteiger partial charge in [0.05, 0.1) is 5.02 Å². The Morgan fingerprint density at radius 1 is 1.11 bits per heavy atom. The van der Waals surface area contributed by atoms with Gasteiger partial charge in [-0.2, -0.15) is 0 Å². The van der Waals surface area contributed by atoms with Crippen molar-refractivity contribution in [2.75, 3.05) is 4.72 Å². The first-order valence-electron chi connectivity index (χ1n) is 5.20. The zero-order valence-corrected chi connectivity index (χ0v) is 11.2. The van der Waals surface area contributed by atoms with Gasteiger partial charge in [0.2, 0.25) is 0 Å². The van der Waals surface area contributed by atoms with Gasteiger partial charge in [-0.1, -0.05) is 29.8 Å². The van der Waals surface area contributed by atoms with Crippen LogP contribution in [0.3, 0.4) is 0 Å². The molecular formula is C12H11ClN2O2S. The first-order chi connectivity index (χ1) is 8.49. The predicted molar refractivity (Wildman–Crippen MR) is 71.2 cm³/mol. The third-order valence-electron chi connectivity index (χ3n) is 2.25. The number of nitrogens with one attached hydrogen (secondary N) is 1. The first kappa shape index (κ1) is 12.9. The second kappa shape index (κ2) is 4.96. The van der Waals surface area contributed by atoms with E-state index in [4.69, 9.17) is 11.6 Å². The van der Waals surface area contributed by atoms with Crippen LogP contribution in [-0.2, 0) is 10.0 Å². The standard InChI is InChI=1S/C12H11ClN2O2S/c1-9-5-4-8-12(14-9)15-18(16,17)11-7-3-2-6-10(11)13/h2-8H,1H3,(H,14,15). The summed E-state index contributed by atoms with van der Waals surface area (Å²) in [7, 11) is -3.71. The molecule has 94 valence electrons. The van der Waals surface area contributed by atoms with Gasteiger partial charge in [0, 0.05) is 5.69 Å². The lowest BCUT2D eigenvalue weighted by Crippen LogP contribution is -2.14. The van der Waals surface area contributed by atoms with E-state index >= 15 is 0 Å². The van der Waals surface area contributed by atoms with Crippen molar-refractivity contribution in [2.24, 2.45) is 0 Å². The summed E-state index contributed by atoms with van der Waals surface area (Å²) in [5.41, 5.74) is 0.731. The molecule has 1 heterocycles. The van der Waals surface area contributed by atoms with Gasteiger partial charge >= 0.3 is 0 Å². The second-order valence-electron chi connectivity index (χ2n) is 3.70. The molecule has 0 spiro atoms. The molecule has 1 aromatic carbocycles. The fourth-order valence-corrected chi connectivity index (χ4v) is 2.98. The zero-order valence-electron chi connectivity index (χ0n) is 9.59. The number of hydrogen-bond acceptors (Lipinski definition) is 3. The van der Waals surface area contributed by atoms with Crippen LogP contribution >= 0.6 is 11.6 Å². The van der Waals surface area contributed by atoms with Gasteiger partial charge in [-0.25, -0.2) is 13.4 Å². The van der Waals surface area contributed by atoms with E-state index in [1.54, 1.807) is 37.3 Å². The highest BCUT2D eigenvalue weighted by molar-refractivity contribution is 7.92. The van der Waals surface area contributed by atoms with Crippen molar-refractivity contribution in [1.82, 2.24) is 4.98 Å². The minimum absolute atomic E-state index is 0.0370.